The molecule has 0 aliphatic carbocycles. The molecule has 1 atom stereocenters. The van der Waals surface area contributed by atoms with Crippen molar-refractivity contribution < 1.29 is 28.2 Å². The molecule has 0 spiro atoms. The lowest BCUT2D eigenvalue weighted by Gasteiger charge is -2.46. The molecule has 2 amide bonds. The Morgan fingerprint density at radius 1 is 1.12 bits per heavy atom. The van der Waals surface area contributed by atoms with E-state index in [0.717, 1.165) is 18.0 Å². The highest BCUT2D eigenvalue weighted by Crippen LogP contribution is 2.40. The molecule has 1 aromatic carbocycles. The van der Waals surface area contributed by atoms with Crippen molar-refractivity contribution in [2.75, 3.05) is 41.4 Å². The van der Waals surface area contributed by atoms with Crippen molar-refractivity contribution in [3.05, 3.63) is 48.3 Å². The van der Waals surface area contributed by atoms with Gasteiger partial charge in [-0.05, 0) is 43.5 Å². The Morgan fingerprint density at radius 2 is 1.88 bits per heavy atom. The molecule has 5 rings (SSSR count). The second kappa shape index (κ2) is 11.0. The molecule has 0 saturated carbocycles. The Labute approximate surface area is 242 Å². The van der Waals surface area contributed by atoms with Crippen LogP contribution in [-0.2, 0) is 4.79 Å². The zero-order valence-corrected chi connectivity index (χ0v) is 24.1. The quantitative estimate of drug-likeness (QED) is 0.433. The lowest BCUT2D eigenvalue weighted by Crippen LogP contribution is -2.59. The number of hydrogen-bond acceptors (Lipinski definition) is 8. The zero-order chi connectivity index (χ0) is 30.3. The van der Waals surface area contributed by atoms with E-state index in [1.165, 1.54) is 15.9 Å². The molecule has 2 aliphatic heterocycles. The molecule has 222 valence electrons. The van der Waals surface area contributed by atoms with Crippen molar-refractivity contribution in [1.29, 1.82) is 0 Å². The number of carbonyl (C=O) groups is 2. The number of rotatable bonds is 5. The topological polar surface area (TPSA) is 124 Å². The van der Waals surface area contributed by atoms with Gasteiger partial charge in [0, 0.05) is 31.2 Å². The SMILES string of the molecule is CC(C)N1C(=O)COc2c(F)cc(-c3nc(Nc4ccc(N5CCN(C(=O)O)C(C(C)(C)C)C5)cn4)ncc3F)cc21. The number of ether oxygens (including phenoxy) is 1. The van der Waals surface area contributed by atoms with E-state index in [0.29, 0.717) is 25.5 Å². The van der Waals surface area contributed by atoms with Crippen molar-refractivity contribution in [3.63, 3.8) is 0 Å². The van der Waals surface area contributed by atoms with Gasteiger partial charge in [-0.25, -0.2) is 28.5 Å². The molecule has 3 aromatic rings. The maximum absolute atomic E-state index is 15.0. The van der Waals surface area contributed by atoms with E-state index in [9.17, 15) is 19.1 Å². The molecule has 2 N–H and O–H groups in total. The molecule has 42 heavy (non-hydrogen) atoms. The van der Waals surface area contributed by atoms with Crippen LogP contribution >= 0.6 is 0 Å². The first-order valence-electron chi connectivity index (χ1n) is 13.6. The number of pyridine rings is 1. The van der Waals surface area contributed by atoms with Crippen LogP contribution in [0, 0.1) is 17.0 Å². The van der Waals surface area contributed by atoms with Gasteiger partial charge in [0.05, 0.1) is 29.8 Å². The summed E-state index contributed by atoms with van der Waals surface area (Å²) in [7, 11) is 0. The second-order valence-corrected chi connectivity index (χ2v) is 11.7. The van der Waals surface area contributed by atoms with Gasteiger partial charge in [0.1, 0.15) is 11.5 Å². The van der Waals surface area contributed by atoms with Gasteiger partial charge in [-0.1, -0.05) is 20.8 Å². The van der Waals surface area contributed by atoms with Crippen molar-refractivity contribution in [2.24, 2.45) is 5.41 Å². The van der Waals surface area contributed by atoms with Gasteiger partial charge in [-0.3, -0.25) is 4.79 Å². The largest absolute Gasteiger partial charge is 0.478 e. The molecule has 2 aromatic heterocycles. The van der Waals surface area contributed by atoms with Crippen LogP contribution in [0.15, 0.2) is 36.7 Å². The number of benzene rings is 1. The normalized spacial score (nSPS) is 17.3. The van der Waals surface area contributed by atoms with Gasteiger partial charge < -0.3 is 29.9 Å². The van der Waals surface area contributed by atoms with Crippen molar-refractivity contribution >= 4 is 35.1 Å². The van der Waals surface area contributed by atoms with Gasteiger partial charge in [-0.15, -0.1) is 0 Å². The van der Waals surface area contributed by atoms with E-state index in [1.54, 1.807) is 26.1 Å². The van der Waals surface area contributed by atoms with Gasteiger partial charge in [0.2, 0.25) is 5.95 Å². The Kier molecular flexibility index (Phi) is 7.60. The van der Waals surface area contributed by atoms with E-state index in [-0.39, 0.29) is 58.7 Å². The predicted octanol–water partition coefficient (Wildman–Crippen LogP) is 4.91. The van der Waals surface area contributed by atoms with Crippen molar-refractivity contribution in [1.82, 2.24) is 19.9 Å². The summed E-state index contributed by atoms with van der Waals surface area (Å²) in [6.07, 6.45) is 1.72. The Bertz CT molecular complexity index is 1510. The van der Waals surface area contributed by atoms with E-state index in [4.69, 9.17) is 4.74 Å². The lowest BCUT2D eigenvalue weighted by atomic mass is 9.84. The van der Waals surface area contributed by atoms with Crippen molar-refractivity contribution in [3.8, 4) is 17.0 Å². The van der Waals surface area contributed by atoms with E-state index in [1.807, 2.05) is 26.8 Å². The van der Waals surface area contributed by atoms with Gasteiger partial charge in [0.25, 0.3) is 5.91 Å². The number of aromatic nitrogens is 3. The van der Waals surface area contributed by atoms with Crippen LogP contribution in [0.5, 0.6) is 5.75 Å². The number of fused-ring (bicyclic) bond motifs is 1. The molecule has 4 heterocycles. The summed E-state index contributed by atoms with van der Waals surface area (Å²) in [5.74, 6) is -1.45. The predicted molar refractivity (Wildman–Crippen MR) is 153 cm³/mol. The number of nitrogens with one attached hydrogen (secondary N) is 1. The summed E-state index contributed by atoms with van der Waals surface area (Å²) in [5.41, 5.74) is 0.753. The molecule has 0 radical (unpaired) electrons. The Hall–Kier alpha value is -4.55. The fraction of sp³-hybridized carbons (Fsp3) is 0.414. The Morgan fingerprint density at radius 3 is 2.52 bits per heavy atom. The fourth-order valence-electron chi connectivity index (χ4n) is 5.32. The summed E-state index contributed by atoms with van der Waals surface area (Å²) in [5, 5.41) is 12.6. The molecular formula is C29H33F2N7O4. The zero-order valence-electron chi connectivity index (χ0n) is 24.1. The molecule has 0 bridgehead atoms. The molecule has 1 saturated heterocycles. The van der Waals surface area contributed by atoms with Gasteiger partial charge >= 0.3 is 6.09 Å². The third-order valence-electron chi connectivity index (χ3n) is 7.40. The number of piperazine rings is 1. The standard InChI is InChI=1S/C29H33F2N7O4/c1-16(2)38-21-11-17(10-19(30)26(21)42-15-24(38)39)25-20(31)13-33-27(35-25)34-23-7-6-18(12-32-23)36-8-9-37(28(40)41)22(14-36)29(3,4)5/h6-7,10-13,16,22H,8-9,14-15H2,1-5H3,(H,40,41)(H,32,33,34,35). The number of hydrogen-bond donors (Lipinski definition) is 2. The minimum Gasteiger partial charge on any atom is -0.478 e. The molecule has 2 aliphatic rings. The molecule has 1 fully saturated rings. The molecular weight excluding hydrogens is 548 g/mol. The number of carbonyl (C=O) groups excluding carboxylic acids is 1. The highest BCUT2D eigenvalue weighted by Gasteiger charge is 2.38. The average Bonchev–Trinajstić information content (AvgIpc) is 2.93. The van der Waals surface area contributed by atoms with Crippen LogP contribution in [0.1, 0.15) is 34.6 Å². The number of halogens is 2. The summed E-state index contributed by atoms with van der Waals surface area (Å²) in [6.45, 7) is 10.8. The minimum absolute atomic E-state index is 0.0423. The van der Waals surface area contributed by atoms with Gasteiger partial charge in [0.15, 0.2) is 24.0 Å². The summed E-state index contributed by atoms with van der Waals surface area (Å²) in [4.78, 5) is 41.9. The monoisotopic (exact) mass is 581 g/mol. The van der Waals surface area contributed by atoms with Crippen LogP contribution < -0.4 is 19.9 Å². The highest BCUT2D eigenvalue weighted by atomic mass is 19.1. The summed E-state index contributed by atoms with van der Waals surface area (Å²) < 4.78 is 35.2. The highest BCUT2D eigenvalue weighted by molar-refractivity contribution is 5.99. The van der Waals surface area contributed by atoms with Gasteiger partial charge in [-0.2, -0.15) is 0 Å². The maximum Gasteiger partial charge on any atom is 0.407 e. The van der Waals surface area contributed by atoms with Crippen LogP contribution in [0.2, 0.25) is 0 Å². The van der Waals surface area contributed by atoms with Crippen LogP contribution in [0.4, 0.5) is 36.7 Å². The van der Waals surface area contributed by atoms with E-state index < -0.39 is 17.7 Å². The first-order valence-corrected chi connectivity index (χ1v) is 13.6. The average molecular weight is 582 g/mol. The Balaban J connectivity index is 1.37. The smallest absolute Gasteiger partial charge is 0.407 e. The lowest BCUT2D eigenvalue weighted by molar-refractivity contribution is -0.121. The first kappa shape index (κ1) is 29.0. The summed E-state index contributed by atoms with van der Waals surface area (Å²) >= 11 is 0. The first-order chi connectivity index (χ1) is 19.8. The minimum atomic E-state index is -0.928. The summed E-state index contributed by atoms with van der Waals surface area (Å²) in [6, 6.07) is 5.71. The van der Waals surface area contributed by atoms with Crippen LogP contribution in [-0.4, -0.2) is 75.3 Å². The second-order valence-electron chi connectivity index (χ2n) is 11.7. The number of amides is 2. The van der Waals surface area contributed by atoms with E-state index >= 15 is 4.39 Å². The van der Waals surface area contributed by atoms with Crippen LogP contribution in [0.3, 0.4) is 0 Å². The number of carboxylic acid groups (broad SMARTS) is 1. The third kappa shape index (κ3) is 5.63. The molecule has 1 unspecified atom stereocenters. The number of anilines is 4. The number of nitrogens with zero attached hydrogens (tertiary/aromatic N) is 6. The van der Waals surface area contributed by atoms with Crippen molar-refractivity contribution in [2.45, 2.75) is 46.7 Å². The maximum atomic E-state index is 15.0. The molecule has 13 heteroatoms. The fourth-order valence-corrected chi connectivity index (χ4v) is 5.32. The molecule has 11 nitrogen and oxygen atoms in total. The third-order valence-corrected chi connectivity index (χ3v) is 7.40. The van der Waals surface area contributed by atoms with E-state index in [2.05, 4.69) is 25.2 Å². The van der Waals surface area contributed by atoms with Crippen LogP contribution in [0.25, 0.3) is 11.3 Å².